The van der Waals surface area contributed by atoms with Crippen LogP contribution in [0.2, 0.25) is 5.02 Å². The Bertz CT molecular complexity index is 1380. The van der Waals surface area contributed by atoms with E-state index in [1.54, 1.807) is 23.1 Å². The molecule has 0 saturated carbocycles. The molecule has 31 heavy (non-hydrogen) atoms. The first-order valence-electron chi connectivity index (χ1n) is 9.92. The van der Waals surface area contributed by atoms with Crippen LogP contribution in [0.1, 0.15) is 40.2 Å². The zero-order valence-electron chi connectivity index (χ0n) is 16.6. The van der Waals surface area contributed by atoms with E-state index in [9.17, 15) is 9.59 Å². The number of rotatable bonds is 3. The monoisotopic (exact) mass is 493 g/mol. The van der Waals surface area contributed by atoms with Gasteiger partial charge in [-0.3, -0.25) is 14.5 Å². The number of hydrogen-bond donors (Lipinski definition) is 0. The number of carbonyl (C=O) groups excluding carboxylic acids is 1. The van der Waals surface area contributed by atoms with Crippen molar-refractivity contribution < 1.29 is 9.21 Å². The summed E-state index contributed by atoms with van der Waals surface area (Å²) >= 11 is 9.57. The molecule has 0 fully saturated rings. The van der Waals surface area contributed by atoms with Crippen molar-refractivity contribution in [2.45, 2.75) is 19.4 Å². The summed E-state index contributed by atoms with van der Waals surface area (Å²) < 4.78 is 6.87. The molecule has 3 aromatic carbocycles. The summed E-state index contributed by atoms with van der Waals surface area (Å²) in [6.07, 6.45) is 0.905. The average Bonchev–Trinajstić information content (AvgIpc) is 3.07. The molecule has 1 atom stereocenters. The molecule has 4 aromatic rings. The summed E-state index contributed by atoms with van der Waals surface area (Å²) in [5, 5.41) is 0.810. The molecule has 0 N–H and O–H groups in total. The molecule has 0 spiro atoms. The van der Waals surface area contributed by atoms with Gasteiger partial charge in [-0.2, -0.15) is 0 Å². The van der Waals surface area contributed by atoms with Gasteiger partial charge < -0.3 is 4.42 Å². The number of amides is 1. The Morgan fingerprint density at radius 1 is 1.00 bits per heavy atom. The Kier molecular flexibility index (Phi) is 4.95. The van der Waals surface area contributed by atoms with E-state index in [0.717, 1.165) is 16.5 Å². The molecular formula is C25H17BrClNO3. The molecule has 6 heteroatoms. The summed E-state index contributed by atoms with van der Waals surface area (Å²) in [6.45, 7) is 2.09. The quantitative estimate of drug-likeness (QED) is 0.326. The van der Waals surface area contributed by atoms with Crippen molar-refractivity contribution in [2.24, 2.45) is 0 Å². The van der Waals surface area contributed by atoms with Crippen LogP contribution in [-0.2, 0) is 6.42 Å². The van der Waals surface area contributed by atoms with Crippen molar-refractivity contribution in [3.8, 4) is 0 Å². The van der Waals surface area contributed by atoms with E-state index in [0.29, 0.717) is 27.2 Å². The number of aryl methyl sites for hydroxylation is 1. The second kappa shape index (κ2) is 7.66. The van der Waals surface area contributed by atoms with Crippen molar-refractivity contribution in [3.05, 3.63) is 109 Å². The van der Waals surface area contributed by atoms with Gasteiger partial charge in [-0.1, -0.05) is 58.7 Å². The Hall–Kier alpha value is -2.89. The lowest BCUT2D eigenvalue weighted by molar-refractivity contribution is 0.0971. The number of halogens is 2. The average molecular weight is 495 g/mol. The molecular weight excluding hydrogens is 478 g/mol. The van der Waals surface area contributed by atoms with Gasteiger partial charge in [0.05, 0.1) is 17.0 Å². The minimum absolute atomic E-state index is 0.0762. The number of anilines is 1. The molecule has 4 nitrogen and oxygen atoms in total. The van der Waals surface area contributed by atoms with Crippen LogP contribution in [-0.4, -0.2) is 5.91 Å². The van der Waals surface area contributed by atoms with E-state index in [1.165, 1.54) is 5.56 Å². The minimum Gasteiger partial charge on any atom is -0.450 e. The van der Waals surface area contributed by atoms with Crippen LogP contribution in [0.25, 0.3) is 11.0 Å². The molecule has 0 radical (unpaired) electrons. The number of hydrogen-bond acceptors (Lipinski definition) is 3. The number of nitrogens with zero attached hydrogens (tertiary/aromatic N) is 1. The van der Waals surface area contributed by atoms with Gasteiger partial charge in [0.25, 0.3) is 5.91 Å². The Labute approximate surface area is 192 Å². The Balaban J connectivity index is 1.79. The largest absolute Gasteiger partial charge is 0.450 e. The number of carbonyl (C=O) groups is 1. The molecule has 1 unspecified atom stereocenters. The maximum atomic E-state index is 13.6. The summed E-state index contributed by atoms with van der Waals surface area (Å²) in [5.74, 6) is -0.261. The molecule has 0 saturated heterocycles. The first-order valence-corrected chi connectivity index (χ1v) is 11.1. The first-order chi connectivity index (χ1) is 15.0. The molecule has 154 valence electrons. The van der Waals surface area contributed by atoms with Crippen LogP contribution >= 0.6 is 27.5 Å². The van der Waals surface area contributed by atoms with Gasteiger partial charge in [0.15, 0.2) is 5.43 Å². The molecule has 5 rings (SSSR count). The van der Waals surface area contributed by atoms with E-state index < -0.39 is 6.04 Å². The standard InChI is InChI=1S/C25H17BrClNO3/c1-2-14-3-5-15(6-4-14)22-21-23(29)19-13-17(27)9-12-20(19)31-24(21)25(30)28(22)18-10-7-16(26)8-11-18/h3-13,22H,2H2,1H3. The molecule has 1 aliphatic rings. The summed E-state index contributed by atoms with van der Waals surface area (Å²) in [6, 6.07) is 19.7. The highest BCUT2D eigenvalue weighted by molar-refractivity contribution is 9.10. The maximum Gasteiger partial charge on any atom is 0.295 e. The predicted molar refractivity (Wildman–Crippen MR) is 126 cm³/mol. The number of fused-ring (bicyclic) bond motifs is 2. The molecule has 1 amide bonds. The zero-order valence-corrected chi connectivity index (χ0v) is 18.9. The SMILES string of the molecule is CCc1ccc(C2c3c(oc4ccc(Cl)cc4c3=O)C(=O)N2c2ccc(Br)cc2)cc1. The van der Waals surface area contributed by atoms with E-state index in [1.807, 2.05) is 48.5 Å². The van der Waals surface area contributed by atoms with Crippen LogP contribution in [0.15, 0.2) is 80.4 Å². The fraction of sp³-hybridized carbons (Fsp3) is 0.120. The lowest BCUT2D eigenvalue weighted by atomic mass is 9.97. The minimum atomic E-state index is -0.589. The van der Waals surface area contributed by atoms with Crippen LogP contribution < -0.4 is 10.3 Å². The van der Waals surface area contributed by atoms with Crippen LogP contribution in [0.4, 0.5) is 5.69 Å². The summed E-state index contributed by atoms with van der Waals surface area (Å²) in [4.78, 5) is 28.7. The maximum absolute atomic E-state index is 13.6. The van der Waals surface area contributed by atoms with Gasteiger partial charge in [0.1, 0.15) is 5.58 Å². The molecule has 0 aliphatic carbocycles. The smallest absolute Gasteiger partial charge is 0.295 e. The molecule has 1 aromatic heterocycles. The second-order valence-corrected chi connectivity index (χ2v) is 8.82. The first kappa shape index (κ1) is 20.0. The lowest BCUT2D eigenvalue weighted by Gasteiger charge is -2.25. The third-order valence-electron chi connectivity index (χ3n) is 5.64. The van der Waals surface area contributed by atoms with E-state index in [2.05, 4.69) is 22.9 Å². The third-order valence-corrected chi connectivity index (χ3v) is 6.40. The van der Waals surface area contributed by atoms with Gasteiger partial charge in [-0.15, -0.1) is 0 Å². The van der Waals surface area contributed by atoms with Gasteiger partial charge in [0, 0.05) is 15.2 Å². The van der Waals surface area contributed by atoms with Gasteiger partial charge >= 0.3 is 0 Å². The van der Waals surface area contributed by atoms with Gasteiger partial charge in [0.2, 0.25) is 5.76 Å². The van der Waals surface area contributed by atoms with E-state index in [-0.39, 0.29) is 17.1 Å². The van der Waals surface area contributed by atoms with E-state index in [4.69, 9.17) is 16.0 Å². The summed E-state index contributed by atoms with van der Waals surface area (Å²) in [5.41, 5.74) is 3.16. The summed E-state index contributed by atoms with van der Waals surface area (Å²) in [7, 11) is 0. The van der Waals surface area contributed by atoms with Crippen LogP contribution in [0, 0.1) is 0 Å². The van der Waals surface area contributed by atoms with Crippen LogP contribution in [0.3, 0.4) is 0 Å². The van der Waals surface area contributed by atoms with Gasteiger partial charge in [-0.25, -0.2) is 0 Å². The Morgan fingerprint density at radius 3 is 2.39 bits per heavy atom. The topological polar surface area (TPSA) is 50.5 Å². The third kappa shape index (κ3) is 3.29. The van der Waals surface area contributed by atoms with Crippen LogP contribution in [0.5, 0.6) is 0 Å². The highest BCUT2D eigenvalue weighted by Crippen LogP contribution is 2.41. The second-order valence-electron chi connectivity index (χ2n) is 7.46. The van der Waals surface area contributed by atoms with Crippen molar-refractivity contribution >= 4 is 50.1 Å². The lowest BCUT2D eigenvalue weighted by Crippen LogP contribution is -2.29. The van der Waals surface area contributed by atoms with E-state index >= 15 is 0 Å². The van der Waals surface area contributed by atoms with Crippen molar-refractivity contribution in [1.82, 2.24) is 0 Å². The zero-order chi connectivity index (χ0) is 21.7. The molecule has 0 bridgehead atoms. The fourth-order valence-electron chi connectivity index (χ4n) is 4.06. The van der Waals surface area contributed by atoms with Crippen molar-refractivity contribution in [1.29, 1.82) is 0 Å². The van der Waals surface area contributed by atoms with Crippen molar-refractivity contribution in [3.63, 3.8) is 0 Å². The Morgan fingerprint density at radius 2 is 1.71 bits per heavy atom. The molecule has 1 aliphatic heterocycles. The fourth-order valence-corrected chi connectivity index (χ4v) is 4.50. The highest BCUT2D eigenvalue weighted by atomic mass is 79.9. The molecule has 2 heterocycles. The van der Waals surface area contributed by atoms with Crippen molar-refractivity contribution in [2.75, 3.05) is 4.90 Å². The number of benzene rings is 3. The normalized spacial score (nSPS) is 15.5. The highest BCUT2D eigenvalue weighted by Gasteiger charge is 2.43. The predicted octanol–water partition coefficient (Wildman–Crippen LogP) is 6.52. The van der Waals surface area contributed by atoms with Gasteiger partial charge in [-0.05, 0) is 60.0 Å².